The number of nitrogens with zero attached hydrogens (tertiary/aromatic N) is 1. The molecule has 130 valence electrons. The monoisotopic (exact) mass is 372 g/mol. The molecule has 0 aromatic rings. The molecule has 1 N–H and O–H groups in total. The molecule has 0 atom stereocenters. The minimum absolute atomic E-state index is 0. The number of unbranched alkanes of at least 4 members (excludes halogenated alkanes) is 14. The zero-order chi connectivity index (χ0) is 16.3. The van der Waals surface area contributed by atoms with Gasteiger partial charge in [0.05, 0.1) is 0 Å². The van der Waals surface area contributed by atoms with Gasteiger partial charge in [-0.2, -0.15) is 5.26 Å². The summed E-state index contributed by atoms with van der Waals surface area (Å²) in [6.07, 6.45) is 22.1. The molecular formula is C19H36N2OZn. The van der Waals surface area contributed by atoms with E-state index < -0.39 is 0 Å². The fourth-order valence-electron chi connectivity index (χ4n) is 2.78. The van der Waals surface area contributed by atoms with Crippen molar-refractivity contribution in [3.05, 3.63) is 0 Å². The summed E-state index contributed by atoms with van der Waals surface area (Å²) in [5.41, 5.74) is 0. The van der Waals surface area contributed by atoms with E-state index in [-0.39, 0.29) is 25.4 Å². The maximum atomic E-state index is 11.0. The van der Waals surface area contributed by atoms with Gasteiger partial charge in [0.25, 0.3) is 0 Å². The van der Waals surface area contributed by atoms with Gasteiger partial charge in [-0.15, -0.1) is 0 Å². The predicted octanol–water partition coefficient (Wildman–Crippen LogP) is 5.84. The summed E-state index contributed by atoms with van der Waals surface area (Å²) in [5, 5.41) is 10.4. The van der Waals surface area contributed by atoms with Gasteiger partial charge in [-0.1, -0.05) is 96.8 Å². The van der Waals surface area contributed by atoms with Crippen LogP contribution in [0.4, 0.5) is 0 Å². The second-order valence-corrected chi connectivity index (χ2v) is 6.36. The van der Waals surface area contributed by atoms with Gasteiger partial charge in [0.1, 0.15) is 0 Å². The molecule has 1 amide bonds. The van der Waals surface area contributed by atoms with Crippen LogP contribution in [0.25, 0.3) is 0 Å². The Morgan fingerprint density at radius 3 is 1.43 bits per heavy atom. The van der Waals surface area contributed by atoms with Crippen LogP contribution >= 0.6 is 0 Å². The van der Waals surface area contributed by atoms with E-state index in [1.807, 2.05) is 0 Å². The predicted molar refractivity (Wildman–Crippen MR) is 93.3 cm³/mol. The van der Waals surface area contributed by atoms with E-state index in [2.05, 4.69) is 12.2 Å². The van der Waals surface area contributed by atoms with Gasteiger partial charge in [-0.05, 0) is 6.42 Å². The van der Waals surface area contributed by atoms with Gasteiger partial charge in [0.2, 0.25) is 5.91 Å². The van der Waals surface area contributed by atoms with Crippen molar-refractivity contribution in [2.24, 2.45) is 0 Å². The molecule has 0 fully saturated rings. The molecule has 0 unspecified atom stereocenters. The SMILES string of the molecule is CCCCCCCCCCCCCCCCCC(=O)NC#N.[Zn]. The number of amides is 1. The first-order valence-electron chi connectivity index (χ1n) is 9.49. The van der Waals surface area contributed by atoms with Gasteiger partial charge < -0.3 is 0 Å². The summed E-state index contributed by atoms with van der Waals surface area (Å²) in [6.45, 7) is 2.27. The molecule has 0 bridgehead atoms. The van der Waals surface area contributed by atoms with Gasteiger partial charge in [-0.3, -0.25) is 10.1 Å². The molecule has 0 aliphatic rings. The minimum Gasteiger partial charge on any atom is -0.274 e. The van der Waals surface area contributed by atoms with Crippen molar-refractivity contribution in [1.29, 1.82) is 5.26 Å². The van der Waals surface area contributed by atoms with Gasteiger partial charge >= 0.3 is 0 Å². The normalized spacial score (nSPS) is 9.91. The van der Waals surface area contributed by atoms with Gasteiger partial charge in [0, 0.05) is 25.9 Å². The average Bonchev–Trinajstić information content (AvgIpc) is 2.51. The molecule has 0 spiro atoms. The Labute approximate surface area is 156 Å². The van der Waals surface area contributed by atoms with E-state index in [0.717, 1.165) is 12.8 Å². The molecule has 0 saturated heterocycles. The molecule has 0 aliphatic heterocycles. The standard InChI is InChI=1S/C19H36N2O.Zn/c1-2-3-4-5-6-7-8-9-10-11-12-13-14-15-16-17-19(22)21-18-20;/h2-17H2,1H3,(H,21,22);. The summed E-state index contributed by atoms with van der Waals surface area (Å²) in [6, 6.07) is 0. The van der Waals surface area contributed by atoms with Crippen LogP contribution in [0.1, 0.15) is 110 Å². The maximum Gasteiger partial charge on any atom is 0.232 e. The smallest absolute Gasteiger partial charge is 0.232 e. The van der Waals surface area contributed by atoms with Gasteiger partial charge in [0.15, 0.2) is 6.19 Å². The van der Waals surface area contributed by atoms with Crippen LogP contribution in [0.2, 0.25) is 0 Å². The number of rotatable bonds is 16. The van der Waals surface area contributed by atoms with E-state index >= 15 is 0 Å². The van der Waals surface area contributed by atoms with Crippen molar-refractivity contribution >= 4 is 5.91 Å². The molecule has 0 aromatic heterocycles. The van der Waals surface area contributed by atoms with Crippen molar-refractivity contribution in [2.75, 3.05) is 0 Å². The van der Waals surface area contributed by atoms with Crippen LogP contribution in [0, 0.1) is 11.5 Å². The first-order valence-corrected chi connectivity index (χ1v) is 9.49. The Bertz CT molecular complexity index is 290. The number of carbonyl (C=O) groups is 1. The molecular weight excluding hydrogens is 338 g/mol. The Hall–Kier alpha value is -0.417. The Morgan fingerprint density at radius 2 is 1.09 bits per heavy atom. The maximum absolute atomic E-state index is 11.0. The zero-order valence-corrected chi connectivity index (χ0v) is 18.3. The molecule has 0 aliphatic carbocycles. The van der Waals surface area contributed by atoms with Crippen LogP contribution in [-0.4, -0.2) is 5.91 Å². The fourth-order valence-corrected chi connectivity index (χ4v) is 2.78. The molecule has 0 aromatic carbocycles. The third-order valence-corrected chi connectivity index (χ3v) is 4.20. The van der Waals surface area contributed by atoms with Crippen molar-refractivity contribution < 1.29 is 24.3 Å². The second kappa shape index (κ2) is 21.6. The molecule has 0 saturated carbocycles. The van der Waals surface area contributed by atoms with E-state index in [1.165, 1.54) is 83.5 Å². The summed E-state index contributed by atoms with van der Waals surface area (Å²) in [7, 11) is 0. The van der Waals surface area contributed by atoms with Crippen molar-refractivity contribution in [2.45, 2.75) is 110 Å². The topological polar surface area (TPSA) is 52.9 Å². The minimum atomic E-state index is -0.141. The quantitative estimate of drug-likeness (QED) is 0.160. The number of nitriles is 1. The number of carbonyl (C=O) groups excluding carboxylic acids is 1. The van der Waals surface area contributed by atoms with E-state index in [4.69, 9.17) is 5.26 Å². The van der Waals surface area contributed by atoms with Crippen molar-refractivity contribution in [3.8, 4) is 6.19 Å². The van der Waals surface area contributed by atoms with Crippen molar-refractivity contribution in [1.82, 2.24) is 5.32 Å². The largest absolute Gasteiger partial charge is 0.274 e. The number of hydrogen-bond acceptors (Lipinski definition) is 2. The summed E-state index contributed by atoms with van der Waals surface area (Å²) in [4.78, 5) is 11.0. The van der Waals surface area contributed by atoms with Crippen molar-refractivity contribution in [3.63, 3.8) is 0 Å². The molecule has 0 radical (unpaired) electrons. The Kier molecular flexibility index (Phi) is 23.3. The molecule has 4 heteroatoms. The van der Waals surface area contributed by atoms with Crippen LogP contribution < -0.4 is 5.32 Å². The van der Waals surface area contributed by atoms with E-state index in [9.17, 15) is 4.79 Å². The van der Waals surface area contributed by atoms with Crippen LogP contribution in [0.5, 0.6) is 0 Å². The summed E-state index contributed by atoms with van der Waals surface area (Å²) in [5.74, 6) is -0.141. The third-order valence-electron chi connectivity index (χ3n) is 4.20. The second-order valence-electron chi connectivity index (χ2n) is 6.36. The van der Waals surface area contributed by atoms with Crippen LogP contribution in [0.3, 0.4) is 0 Å². The van der Waals surface area contributed by atoms with Crippen LogP contribution in [0.15, 0.2) is 0 Å². The number of nitrogens with one attached hydrogen (secondary N) is 1. The van der Waals surface area contributed by atoms with Crippen LogP contribution in [-0.2, 0) is 24.3 Å². The van der Waals surface area contributed by atoms with Gasteiger partial charge in [-0.25, -0.2) is 0 Å². The molecule has 0 heterocycles. The summed E-state index contributed by atoms with van der Waals surface area (Å²) >= 11 is 0. The Balaban J connectivity index is 0. The zero-order valence-electron chi connectivity index (χ0n) is 15.4. The van der Waals surface area contributed by atoms with E-state index in [0.29, 0.717) is 6.42 Å². The Morgan fingerprint density at radius 1 is 0.739 bits per heavy atom. The molecule has 3 nitrogen and oxygen atoms in total. The third kappa shape index (κ3) is 21.6. The summed E-state index contributed by atoms with van der Waals surface area (Å²) < 4.78 is 0. The van der Waals surface area contributed by atoms with E-state index in [1.54, 1.807) is 6.19 Å². The fraction of sp³-hybridized carbons (Fsp3) is 0.895. The molecule has 23 heavy (non-hydrogen) atoms. The first kappa shape index (κ1) is 24.8. The average molecular weight is 374 g/mol. The molecule has 0 rings (SSSR count). The number of hydrogen-bond donors (Lipinski definition) is 1. The first-order chi connectivity index (χ1) is 10.8.